The van der Waals surface area contributed by atoms with Crippen LogP contribution in [-0.4, -0.2) is 9.13 Å². The van der Waals surface area contributed by atoms with Crippen LogP contribution in [0.4, 0.5) is 0 Å². The summed E-state index contributed by atoms with van der Waals surface area (Å²) in [5.74, 6) is 0. The number of benzene rings is 6. The van der Waals surface area contributed by atoms with Gasteiger partial charge in [-0.25, -0.2) is 0 Å². The van der Waals surface area contributed by atoms with Gasteiger partial charge in [-0.3, -0.25) is 0 Å². The summed E-state index contributed by atoms with van der Waals surface area (Å²) >= 11 is 0. The highest BCUT2D eigenvalue weighted by Crippen LogP contribution is 2.44. The number of aromatic nitrogens is 2. The van der Waals surface area contributed by atoms with E-state index in [4.69, 9.17) is 0 Å². The smallest absolute Gasteiger partial charge is 0.0562 e. The summed E-state index contributed by atoms with van der Waals surface area (Å²) in [6, 6.07) is 47.3. The second-order valence-electron chi connectivity index (χ2n) is 12.4. The molecule has 0 bridgehead atoms. The number of hydrogen-bond donors (Lipinski definition) is 0. The molecular weight excluding hydrogens is 544 g/mol. The minimum atomic E-state index is 0.982. The van der Waals surface area contributed by atoms with E-state index in [1.165, 1.54) is 88.4 Å². The van der Waals surface area contributed by atoms with E-state index in [2.05, 4.69) is 155 Å². The van der Waals surface area contributed by atoms with Gasteiger partial charge in [0.25, 0.3) is 0 Å². The third-order valence-corrected chi connectivity index (χ3v) is 9.97. The number of para-hydroxylation sites is 2. The Morgan fingerprint density at radius 3 is 2.11 bits per heavy atom. The van der Waals surface area contributed by atoms with Crippen LogP contribution in [-0.2, 0) is 6.42 Å². The largest absolute Gasteiger partial charge is 0.310 e. The lowest BCUT2D eigenvalue weighted by atomic mass is 9.94. The Kier molecular flexibility index (Phi) is 5.21. The van der Waals surface area contributed by atoms with Crippen LogP contribution < -0.4 is 0 Å². The van der Waals surface area contributed by atoms with E-state index in [-0.39, 0.29) is 0 Å². The van der Waals surface area contributed by atoms with Crippen molar-refractivity contribution in [2.75, 3.05) is 0 Å². The van der Waals surface area contributed by atoms with Gasteiger partial charge in [-0.05, 0) is 101 Å². The van der Waals surface area contributed by atoms with Crippen molar-refractivity contribution >= 4 is 49.3 Å². The van der Waals surface area contributed by atoms with Crippen LogP contribution in [0.3, 0.4) is 0 Å². The Hall–Kier alpha value is -5.60. The zero-order chi connectivity index (χ0) is 29.5. The molecule has 2 heteroatoms. The topological polar surface area (TPSA) is 9.86 Å². The molecule has 0 amide bonds. The lowest BCUT2D eigenvalue weighted by Gasteiger charge is -2.13. The minimum absolute atomic E-state index is 0.982. The van der Waals surface area contributed by atoms with Gasteiger partial charge in [0.15, 0.2) is 0 Å². The summed E-state index contributed by atoms with van der Waals surface area (Å²) in [5.41, 5.74) is 15.6. The molecule has 2 aliphatic carbocycles. The molecule has 0 saturated heterocycles. The van der Waals surface area contributed by atoms with Crippen molar-refractivity contribution in [1.29, 1.82) is 0 Å². The van der Waals surface area contributed by atoms with Gasteiger partial charge in [0.1, 0.15) is 0 Å². The van der Waals surface area contributed by atoms with Crippen LogP contribution in [0.25, 0.3) is 77.2 Å². The highest BCUT2D eigenvalue weighted by molar-refractivity contribution is 6.20. The summed E-state index contributed by atoms with van der Waals surface area (Å²) in [7, 11) is 0. The molecule has 0 atom stereocenters. The first kappa shape index (κ1) is 24.8. The van der Waals surface area contributed by atoms with Crippen LogP contribution >= 0.6 is 0 Å². The standard InChI is InChI=1S/C43H30N2/c1-3-13-30(14-4-1)44-40-21-10-9-18-35(40)38-26-39-37-25-29(33-19-11-20-34-32-17-8-7-12-28(32)24-36(33)34)22-23-41(37)45(43(39)27-42(38)44)31-15-5-2-6-16-31/h2-3,5-23,25-27H,1,4,24H2. The first-order valence-electron chi connectivity index (χ1n) is 16.0. The summed E-state index contributed by atoms with van der Waals surface area (Å²) in [6.45, 7) is 0. The molecule has 0 radical (unpaired) electrons. The molecule has 10 rings (SSSR count). The zero-order valence-corrected chi connectivity index (χ0v) is 24.9. The van der Waals surface area contributed by atoms with E-state index in [1.807, 2.05) is 0 Å². The van der Waals surface area contributed by atoms with Gasteiger partial charge >= 0.3 is 0 Å². The average molecular weight is 575 g/mol. The highest BCUT2D eigenvalue weighted by Gasteiger charge is 2.23. The van der Waals surface area contributed by atoms with Crippen molar-refractivity contribution in [2.24, 2.45) is 0 Å². The summed E-state index contributed by atoms with van der Waals surface area (Å²) in [5, 5.41) is 5.17. The third kappa shape index (κ3) is 3.57. The minimum Gasteiger partial charge on any atom is -0.310 e. The monoisotopic (exact) mass is 574 g/mol. The molecular formula is C43H30N2. The van der Waals surface area contributed by atoms with Gasteiger partial charge in [0.05, 0.1) is 22.1 Å². The van der Waals surface area contributed by atoms with E-state index in [0.717, 1.165) is 19.3 Å². The lowest BCUT2D eigenvalue weighted by Crippen LogP contribution is -1.97. The fraction of sp³-hybridized carbons (Fsp3) is 0.0698. The molecule has 45 heavy (non-hydrogen) atoms. The van der Waals surface area contributed by atoms with Crippen molar-refractivity contribution in [3.05, 3.63) is 157 Å². The van der Waals surface area contributed by atoms with Crippen molar-refractivity contribution in [3.63, 3.8) is 0 Å². The van der Waals surface area contributed by atoms with E-state index >= 15 is 0 Å². The Labute approximate surface area is 261 Å². The first-order valence-corrected chi connectivity index (χ1v) is 16.0. The number of fused-ring (bicyclic) bond motifs is 9. The van der Waals surface area contributed by atoms with Crippen LogP contribution in [0, 0.1) is 0 Å². The third-order valence-electron chi connectivity index (χ3n) is 9.97. The molecule has 2 aromatic heterocycles. The number of allylic oxidation sites excluding steroid dienone is 4. The second-order valence-corrected chi connectivity index (χ2v) is 12.4. The van der Waals surface area contributed by atoms with Gasteiger partial charge in [0, 0.05) is 32.9 Å². The molecule has 6 aromatic carbocycles. The van der Waals surface area contributed by atoms with E-state index in [1.54, 1.807) is 0 Å². The van der Waals surface area contributed by atoms with Crippen LogP contribution in [0.5, 0.6) is 0 Å². The van der Waals surface area contributed by atoms with Gasteiger partial charge in [-0.2, -0.15) is 0 Å². The molecule has 2 aliphatic rings. The maximum absolute atomic E-state index is 2.46. The SMILES string of the molecule is C1=CC(n2c3ccccc3c3cc4c5cc(-c6cccc7c6Cc6ccccc6-7)ccc5n(-c5ccccc5)c4cc32)=CCC1. The predicted octanol–water partition coefficient (Wildman–Crippen LogP) is 11.3. The van der Waals surface area contributed by atoms with Crippen LogP contribution in [0.15, 0.2) is 146 Å². The number of rotatable bonds is 3. The fourth-order valence-electron chi connectivity index (χ4n) is 7.98. The summed E-state index contributed by atoms with van der Waals surface area (Å²) in [6.07, 6.45) is 10.1. The molecule has 0 saturated carbocycles. The van der Waals surface area contributed by atoms with E-state index in [0.29, 0.717) is 0 Å². The Morgan fingerprint density at radius 2 is 1.20 bits per heavy atom. The molecule has 2 heterocycles. The van der Waals surface area contributed by atoms with Crippen molar-refractivity contribution in [2.45, 2.75) is 19.3 Å². The lowest BCUT2D eigenvalue weighted by molar-refractivity contribution is 1.02. The highest BCUT2D eigenvalue weighted by atomic mass is 15.0. The molecule has 0 fully saturated rings. The normalized spacial score (nSPS) is 14.0. The number of nitrogens with zero attached hydrogens (tertiary/aromatic N) is 2. The average Bonchev–Trinajstić information content (AvgIpc) is 3.75. The van der Waals surface area contributed by atoms with Crippen molar-refractivity contribution in [3.8, 4) is 27.9 Å². The summed E-state index contributed by atoms with van der Waals surface area (Å²) < 4.78 is 4.91. The van der Waals surface area contributed by atoms with Gasteiger partial charge in [-0.1, -0.05) is 97.1 Å². The molecule has 212 valence electrons. The quantitative estimate of drug-likeness (QED) is 0.199. The summed E-state index contributed by atoms with van der Waals surface area (Å²) in [4.78, 5) is 0. The molecule has 0 aliphatic heterocycles. The van der Waals surface area contributed by atoms with Gasteiger partial charge in [0.2, 0.25) is 0 Å². The first-order chi connectivity index (χ1) is 22.3. The molecule has 0 N–H and O–H groups in total. The predicted molar refractivity (Wildman–Crippen MR) is 190 cm³/mol. The van der Waals surface area contributed by atoms with Crippen molar-refractivity contribution in [1.82, 2.24) is 9.13 Å². The number of hydrogen-bond acceptors (Lipinski definition) is 0. The van der Waals surface area contributed by atoms with E-state index < -0.39 is 0 Å². The van der Waals surface area contributed by atoms with Crippen molar-refractivity contribution < 1.29 is 0 Å². The van der Waals surface area contributed by atoms with Gasteiger partial charge in [-0.15, -0.1) is 0 Å². The Morgan fingerprint density at radius 1 is 0.467 bits per heavy atom. The zero-order valence-electron chi connectivity index (χ0n) is 24.9. The maximum Gasteiger partial charge on any atom is 0.0562 e. The Bertz CT molecular complexity index is 2550. The van der Waals surface area contributed by atoms with Crippen LogP contribution in [0.1, 0.15) is 24.0 Å². The van der Waals surface area contributed by atoms with E-state index in [9.17, 15) is 0 Å². The Balaban J connectivity index is 1.29. The molecule has 2 nitrogen and oxygen atoms in total. The molecule has 8 aromatic rings. The van der Waals surface area contributed by atoms with Crippen LogP contribution in [0.2, 0.25) is 0 Å². The molecule has 0 unspecified atom stereocenters. The molecule has 0 spiro atoms. The maximum atomic E-state index is 2.46. The second kappa shape index (κ2) is 9.45. The fourth-order valence-corrected chi connectivity index (χ4v) is 7.98. The van der Waals surface area contributed by atoms with Gasteiger partial charge < -0.3 is 9.13 Å².